The lowest BCUT2D eigenvalue weighted by Crippen LogP contribution is -2.45. The molecule has 0 aromatic heterocycles. The zero-order valence-electron chi connectivity index (χ0n) is 13.4. The van der Waals surface area contributed by atoms with E-state index in [1.807, 2.05) is 6.19 Å². The van der Waals surface area contributed by atoms with Crippen molar-refractivity contribution in [2.24, 2.45) is 0 Å². The number of benzene rings is 2. The topological polar surface area (TPSA) is 36.3 Å². The normalized spacial score (nSPS) is 16.2. The summed E-state index contributed by atoms with van der Waals surface area (Å²) < 4.78 is 73.9. The lowest BCUT2D eigenvalue weighted by Gasteiger charge is -2.40. The number of halogens is 5. The minimum absolute atomic E-state index is 0.143. The van der Waals surface area contributed by atoms with Crippen LogP contribution in [0.15, 0.2) is 30.3 Å². The van der Waals surface area contributed by atoms with E-state index in [1.165, 1.54) is 4.90 Å². The number of hydrogen-bond acceptors (Lipinski definition) is 3. The quantitative estimate of drug-likeness (QED) is 0.352. The third-order valence-corrected chi connectivity index (χ3v) is 4.48. The van der Waals surface area contributed by atoms with Crippen molar-refractivity contribution < 1.29 is 26.7 Å². The van der Waals surface area contributed by atoms with Gasteiger partial charge in [0.1, 0.15) is 5.60 Å². The number of hydrogen-bond donors (Lipinski definition) is 0. The van der Waals surface area contributed by atoms with Gasteiger partial charge in [-0.15, -0.1) is 0 Å². The summed E-state index contributed by atoms with van der Waals surface area (Å²) >= 11 is 0. The lowest BCUT2D eigenvalue weighted by atomic mass is 9.84. The molecule has 1 saturated heterocycles. The maximum absolute atomic E-state index is 14.1. The van der Waals surface area contributed by atoms with Gasteiger partial charge in [0.15, 0.2) is 11.9 Å². The molecule has 26 heavy (non-hydrogen) atoms. The lowest BCUT2D eigenvalue weighted by molar-refractivity contribution is 0.00227. The largest absolute Gasteiger partial charge is 0.476 e. The third kappa shape index (κ3) is 2.94. The molecule has 2 aromatic carbocycles. The maximum atomic E-state index is 14.1. The molecule has 0 N–H and O–H groups in total. The molecule has 0 atom stereocenters. The van der Waals surface area contributed by atoms with Crippen molar-refractivity contribution in [3.8, 4) is 11.9 Å². The van der Waals surface area contributed by atoms with Crippen molar-refractivity contribution in [2.45, 2.75) is 18.4 Å². The van der Waals surface area contributed by atoms with Gasteiger partial charge in [-0.2, -0.15) is 14.0 Å². The molecule has 0 bridgehead atoms. The molecule has 136 valence electrons. The molecule has 2 aromatic rings. The van der Waals surface area contributed by atoms with Crippen LogP contribution in [0.1, 0.15) is 18.4 Å². The molecule has 3 nitrogen and oxygen atoms in total. The highest BCUT2D eigenvalue weighted by Gasteiger charge is 2.41. The monoisotopic (exact) mass is 368 g/mol. The molecule has 1 heterocycles. The second-order valence-electron chi connectivity index (χ2n) is 5.95. The minimum Gasteiger partial charge on any atom is -0.476 e. The molecular weight excluding hydrogens is 355 g/mol. The Kier molecular flexibility index (Phi) is 4.72. The first-order valence-electron chi connectivity index (χ1n) is 7.80. The highest BCUT2D eigenvalue weighted by Crippen LogP contribution is 2.40. The van der Waals surface area contributed by atoms with Crippen LogP contribution in [-0.2, 0) is 5.60 Å². The van der Waals surface area contributed by atoms with Gasteiger partial charge in [-0.3, -0.25) is 0 Å². The summed E-state index contributed by atoms with van der Waals surface area (Å²) in [7, 11) is 0. The molecule has 8 heteroatoms. The van der Waals surface area contributed by atoms with Crippen LogP contribution in [0.3, 0.4) is 0 Å². The molecule has 0 saturated carbocycles. The Bertz CT molecular complexity index is 829. The van der Waals surface area contributed by atoms with Crippen LogP contribution in [0.4, 0.5) is 22.0 Å². The molecule has 0 spiro atoms. The van der Waals surface area contributed by atoms with E-state index >= 15 is 0 Å². The summed E-state index contributed by atoms with van der Waals surface area (Å²) in [5.74, 6) is -11.7. The molecule has 0 aliphatic carbocycles. The van der Waals surface area contributed by atoms with Crippen LogP contribution in [0.25, 0.3) is 0 Å². The smallest absolute Gasteiger partial charge is 0.207 e. The van der Waals surface area contributed by atoms with E-state index in [0.717, 1.165) is 0 Å². The summed E-state index contributed by atoms with van der Waals surface area (Å²) in [4.78, 5) is 1.43. The van der Waals surface area contributed by atoms with E-state index in [0.29, 0.717) is 5.56 Å². The van der Waals surface area contributed by atoms with Crippen LogP contribution >= 0.6 is 0 Å². The average Bonchev–Trinajstić information content (AvgIpc) is 2.69. The highest BCUT2D eigenvalue weighted by atomic mass is 19.2. The van der Waals surface area contributed by atoms with Gasteiger partial charge < -0.3 is 9.64 Å². The van der Waals surface area contributed by atoms with E-state index in [9.17, 15) is 22.0 Å². The third-order valence-electron chi connectivity index (χ3n) is 4.48. The number of ether oxygens (including phenoxy) is 1. The molecule has 0 radical (unpaired) electrons. The van der Waals surface area contributed by atoms with Crippen molar-refractivity contribution in [1.29, 1.82) is 5.26 Å². The molecule has 3 rings (SSSR count). The van der Waals surface area contributed by atoms with Gasteiger partial charge in [0.25, 0.3) is 0 Å². The molecule has 1 aliphatic rings. The fourth-order valence-corrected chi connectivity index (χ4v) is 3.03. The second kappa shape index (κ2) is 6.83. The molecular formula is C18H13F5N2O. The molecule has 1 aliphatic heterocycles. The fourth-order valence-electron chi connectivity index (χ4n) is 3.03. The first-order valence-corrected chi connectivity index (χ1v) is 7.80. The van der Waals surface area contributed by atoms with Gasteiger partial charge in [0.05, 0.1) is 0 Å². The van der Waals surface area contributed by atoms with Crippen LogP contribution in [0.2, 0.25) is 0 Å². The van der Waals surface area contributed by atoms with Crippen LogP contribution in [-0.4, -0.2) is 18.0 Å². The van der Waals surface area contributed by atoms with E-state index < -0.39 is 40.4 Å². The van der Waals surface area contributed by atoms with Crippen LogP contribution < -0.4 is 4.74 Å². The molecule has 1 fully saturated rings. The average molecular weight is 368 g/mol. The Morgan fingerprint density at radius 3 is 1.85 bits per heavy atom. The van der Waals surface area contributed by atoms with Crippen LogP contribution in [0.5, 0.6) is 5.75 Å². The van der Waals surface area contributed by atoms with Crippen molar-refractivity contribution in [2.75, 3.05) is 13.1 Å². The van der Waals surface area contributed by atoms with E-state index in [1.54, 1.807) is 30.3 Å². The number of rotatable bonds is 3. The Hall–Kier alpha value is -2.82. The minimum atomic E-state index is -2.24. The van der Waals surface area contributed by atoms with Crippen LogP contribution in [0, 0.1) is 40.5 Å². The van der Waals surface area contributed by atoms with Crippen molar-refractivity contribution in [3.63, 3.8) is 0 Å². The number of piperidine rings is 1. The van der Waals surface area contributed by atoms with Gasteiger partial charge >= 0.3 is 0 Å². The summed E-state index contributed by atoms with van der Waals surface area (Å²) in [6.07, 6.45) is 2.25. The number of nitriles is 1. The SMILES string of the molecule is N#CN1CCC(Oc2c(F)c(F)c(F)c(F)c2F)(c2ccccc2)CC1. The zero-order valence-corrected chi connectivity index (χ0v) is 13.4. The van der Waals surface area contributed by atoms with E-state index in [-0.39, 0.29) is 25.9 Å². The Morgan fingerprint density at radius 1 is 0.846 bits per heavy atom. The van der Waals surface area contributed by atoms with E-state index in [2.05, 4.69) is 0 Å². The van der Waals surface area contributed by atoms with Gasteiger partial charge in [-0.05, 0) is 5.56 Å². The van der Waals surface area contributed by atoms with Crippen molar-refractivity contribution >= 4 is 0 Å². The second-order valence-corrected chi connectivity index (χ2v) is 5.95. The first kappa shape index (κ1) is 18.0. The Balaban J connectivity index is 2.08. The summed E-state index contributed by atoms with van der Waals surface area (Å²) in [6.45, 7) is 0.446. The van der Waals surface area contributed by atoms with Gasteiger partial charge in [0.2, 0.25) is 29.1 Å². The standard InChI is InChI=1S/C18H13F5N2O/c19-12-13(20)15(22)17(16(23)14(12)21)26-18(11-4-2-1-3-5-11)6-8-25(10-24)9-7-18/h1-5H,6-9H2. The Morgan fingerprint density at radius 2 is 1.35 bits per heavy atom. The summed E-state index contributed by atoms with van der Waals surface area (Å²) in [5, 5.41) is 8.99. The predicted octanol–water partition coefficient (Wildman–Crippen LogP) is 4.23. The molecule has 0 amide bonds. The number of likely N-dealkylation sites (tertiary alicyclic amines) is 1. The summed E-state index contributed by atoms with van der Waals surface area (Å²) in [5.41, 5.74) is -0.783. The van der Waals surface area contributed by atoms with Gasteiger partial charge in [-0.1, -0.05) is 30.3 Å². The van der Waals surface area contributed by atoms with Crippen molar-refractivity contribution in [3.05, 3.63) is 65.0 Å². The summed E-state index contributed by atoms with van der Waals surface area (Å²) in [6, 6.07) is 8.37. The number of nitrogens with zero attached hydrogens (tertiary/aromatic N) is 2. The maximum Gasteiger partial charge on any atom is 0.207 e. The predicted molar refractivity (Wildman–Crippen MR) is 81.4 cm³/mol. The van der Waals surface area contributed by atoms with Gasteiger partial charge in [-0.25, -0.2) is 13.2 Å². The zero-order chi connectivity index (χ0) is 18.9. The highest BCUT2D eigenvalue weighted by molar-refractivity contribution is 5.33. The molecule has 0 unspecified atom stereocenters. The van der Waals surface area contributed by atoms with Gasteiger partial charge in [0, 0.05) is 25.9 Å². The first-order chi connectivity index (χ1) is 12.4. The van der Waals surface area contributed by atoms with E-state index in [4.69, 9.17) is 10.00 Å². The Labute approximate surface area is 146 Å². The fraction of sp³-hybridized carbons (Fsp3) is 0.278. The van der Waals surface area contributed by atoms with Crippen molar-refractivity contribution in [1.82, 2.24) is 4.90 Å².